The van der Waals surface area contributed by atoms with Crippen molar-refractivity contribution >= 4 is 5.97 Å². The Hall–Kier alpha value is -1.51. The molecule has 0 heterocycles. The average Bonchev–Trinajstić information content (AvgIpc) is 2.28. The van der Waals surface area contributed by atoms with Crippen molar-refractivity contribution in [2.75, 3.05) is 0 Å². The van der Waals surface area contributed by atoms with E-state index >= 15 is 0 Å². The van der Waals surface area contributed by atoms with Crippen LogP contribution in [0.25, 0.3) is 0 Å². The summed E-state index contributed by atoms with van der Waals surface area (Å²) >= 11 is 0. The molecule has 2 N–H and O–H groups in total. The summed E-state index contributed by atoms with van der Waals surface area (Å²) in [5, 5.41) is 19.1. The summed E-state index contributed by atoms with van der Waals surface area (Å²) in [7, 11) is 0. The van der Waals surface area contributed by atoms with E-state index < -0.39 is 11.9 Å². The highest BCUT2D eigenvalue weighted by Crippen LogP contribution is 2.36. The molecule has 1 aliphatic rings. The van der Waals surface area contributed by atoms with Gasteiger partial charge in [-0.2, -0.15) is 0 Å². The Balaban J connectivity index is 2.57. The van der Waals surface area contributed by atoms with Crippen molar-refractivity contribution in [2.24, 2.45) is 0 Å². The van der Waals surface area contributed by atoms with Gasteiger partial charge in [0.15, 0.2) is 0 Å². The summed E-state index contributed by atoms with van der Waals surface area (Å²) in [4.78, 5) is 11.1. The highest BCUT2D eigenvalue weighted by atomic mass is 16.4. The number of phenols is 1. The van der Waals surface area contributed by atoms with Crippen molar-refractivity contribution in [1.29, 1.82) is 0 Å². The van der Waals surface area contributed by atoms with E-state index in [-0.39, 0.29) is 5.75 Å². The molecule has 1 aromatic carbocycles. The second-order valence-corrected chi connectivity index (χ2v) is 4.84. The van der Waals surface area contributed by atoms with Gasteiger partial charge >= 0.3 is 5.97 Å². The molecule has 3 nitrogen and oxygen atoms in total. The quantitative estimate of drug-likeness (QED) is 0.827. The molecule has 0 aromatic heterocycles. The Labute approximate surface area is 101 Å². The molecule has 0 saturated heterocycles. The minimum absolute atomic E-state index is 0.137. The average molecular weight is 234 g/mol. The molecule has 0 amide bonds. The van der Waals surface area contributed by atoms with Crippen molar-refractivity contribution in [2.45, 2.75) is 45.4 Å². The monoisotopic (exact) mass is 234 g/mol. The Bertz CT molecular complexity index is 463. The van der Waals surface area contributed by atoms with Gasteiger partial charge in [-0.25, -0.2) is 0 Å². The van der Waals surface area contributed by atoms with Crippen molar-refractivity contribution in [1.82, 2.24) is 0 Å². The lowest BCUT2D eigenvalue weighted by atomic mass is 9.83. The van der Waals surface area contributed by atoms with E-state index in [9.17, 15) is 9.90 Å². The number of carbonyl (C=O) groups is 1. The topological polar surface area (TPSA) is 57.5 Å². The first-order chi connectivity index (χ1) is 8.02. The van der Waals surface area contributed by atoms with E-state index in [2.05, 4.69) is 0 Å². The number of aliphatic carboxylic acids is 1. The molecule has 1 aliphatic carbocycles. The molecule has 0 bridgehead atoms. The van der Waals surface area contributed by atoms with Crippen molar-refractivity contribution in [3.8, 4) is 5.75 Å². The van der Waals surface area contributed by atoms with Gasteiger partial charge in [0.25, 0.3) is 0 Å². The Morgan fingerprint density at radius 3 is 2.65 bits per heavy atom. The summed E-state index contributed by atoms with van der Waals surface area (Å²) in [6.07, 6.45) is 4.30. The summed E-state index contributed by atoms with van der Waals surface area (Å²) in [6, 6.07) is 1.76. The van der Waals surface area contributed by atoms with Crippen LogP contribution < -0.4 is 0 Å². The minimum Gasteiger partial charge on any atom is -0.508 e. The van der Waals surface area contributed by atoms with Crippen LogP contribution in [0.1, 0.15) is 47.9 Å². The fourth-order valence-corrected chi connectivity index (χ4v) is 2.78. The van der Waals surface area contributed by atoms with Crippen molar-refractivity contribution in [3.05, 3.63) is 28.3 Å². The van der Waals surface area contributed by atoms with Crippen LogP contribution in [0.15, 0.2) is 6.07 Å². The first kappa shape index (κ1) is 12.0. The molecule has 2 rings (SSSR count). The Kier molecular flexibility index (Phi) is 3.09. The zero-order valence-corrected chi connectivity index (χ0v) is 10.3. The zero-order valence-electron chi connectivity index (χ0n) is 10.3. The van der Waals surface area contributed by atoms with E-state index in [1.165, 1.54) is 11.1 Å². The first-order valence-electron chi connectivity index (χ1n) is 6.09. The summed E-state index contributed by atoms with van der Waals surface area (Å²) < 4.78 is 0. The van der Waals surface area contributed by atoms with Crippen LogP contribution in [0.3, 0.4) is 0 Å². The molecule has 0 aliphatic heterocycles. The highest BCUT2D eigenvalue weighted by Gasteiger charge is 2.24. The zero-order chi connectivity index (χ0) is 12.6. The molecule has 0 saturated carbocycles. The third-order valence-corrected chi connectivity index (χ3v) is 3.76. The van der Waals surface area contributed by atoms with E-state index in [4.69, 9.17) is 5.11 Å². The number of carboxylic acid groups (broad SMARTS) is 1. The first-order valence-corrected chi connectivity index (χ1v) is 6.09. The fourth-order valence-electron chi connectivity index (χ4n) is 2.78. The Morgan fingerprint density at radius 2 is 2.00 bits per heavy atom. The number of aromatic hydroxyl groups is 1. The molecule has 1 unspecified atom stereocenters. The molecular formula is C14H18O3. The minimum atomic E-state index is -0.890. The van der Waals surface area contributed by atoms with Crippen molar-refractivity contribution in [3.63, 3.8) is 0 Å². The molecule has 0 fully saturated rings. The lowest BCUT2D eigenvalue weighted by molar-refractivity contribution is -0.138. The summed E-state index contributed by atoms with van der Waals surface area (Å²) in [6.45, 7) is 3.55. The second kappa shape index (κ2) is 4.40. The predicted octanol–water partition coefficient (Wildman–Crippen LogP) is 2.77. The third kappa shape index (κ3) is 2.02. The van der Waals surface area contributed by atoms with Gasteiger partial charge in [0.05, 0.1) is 5.92 Å². The molecule has 1 aromatic rings. The highest BCUT2D eigenvalue weighted by molar-refractivity contribution is 5.77. The van der Waals surface area contributed by atoms with E-state index in [1.54, 1.807) is 13.0 Å². The number of hydrogen-bond acceptors (Lipinski definition) is 2. The number of hydrogen-bond donors (Lipinski definition) is 2. The normalized spacial score (nSPS) is 16.4. The third-order valence-electron chi connectivity index (χ3n) is 3.76. The molecule has 92 valence electrons. The number of fused-ring (bicyclic) bond motifs is 1. The van der Waals surface area contributed by atoms with Gasteiger partial charge in [-0.1, -0.05) is 0 Å². The molecule has 17 heavy (non-hydrogen) atoms. The van der Waals surface area contributed by atoms with Crippen molar-refractivity contribution < 1.29 is 15.0 Å². The fraction of sp³-hybridized carbons (Fsp3) is 0.500. The van der Waals surface area contributed by atoms with Gasteiger partial charge in [0.1, 0.15) is 5.75 Å². The lowest BCUT2D eigenvalue weighted by Crippen LogP contribution is -2.13. The largest absolute Gasteiger partial charge is 0.508 e. The van der Waals surface area contributed by atoms with Crippen LogP contribution in [0.2, 0.25) is 0 Å². The molecule has 0 radical (unpaired) electrons. The molecule has 0 spiro atoms. The number of phenolic OH excluding ortho intramolecular Hbond substituents is 1. The SMILES string of the molecule is Cc1c2c(cc(O)c1C(C)C(=O)O)CCCC2. The van der Waals surface area contributed by atoms with E-state index in [0.717, 1.165) is 31.2 Å². The summed E-state index contributed by atoms with van der Waals surface area (Å²) in [5.74, 6) is -1.40. The van der Waals surface area contributed by atoms with Gasteiger partial charge < -0.3 is 10.2 Å². The summed E-state index contributed by atoms with van der Waals surface area (Å²) in [5.41, 5.74) is 3.98. The van der Waals surface area contributed by atoms with Gasteiger partial charge in [0.2, 0.25) is 0 Å². The standard InChI is InChI=1S/C14H18O3/c1-8-11-6-4-3-5-10(11)7-12(15)13(8)9(2)14(16)17/h7,9,15H,3-6H2,1-2H3,(H,16,17). The number of aryl methyl sites for hydroxylation is 1. The van der Waals surface area contributed by atoms with Crippen LogP contribution in [0.4, 0.5) is 0 Å². The lowest BCUT2D eigenvalue weighted by Gasteiger charge is -2.23. The van der Waals surface area contributed by atoms with Crippen LogP contribution in [0, 0.1) is 6.92 Å². The van der Waals surface area contributed by atoms with E-state index in [1.807, 2.05) is 6.92 Å². The van der Waals surface area contributed by atoms with Crippen LogP contribution in [-0.4, -0.2) is 16.2 Å². The smallest absolute Gasteiger partial charge is 0.310 e. The maximum absolute atomic E-state index is 11.1. The van der Waals surface area contributed by atoms with E-state index in [0.29, 0.717) is 5.56 Å². The number of rotatable bonds is 2. The maximum Gasteiger partial charge on any atom is 0.310 e. The van der Waals surface area contributed by atoms with Gasteiger partial charge in [0, 0.05) is 5.56 Å². The molecular weight excluding hydrogens is 216 g/mol. The van der Waals surface area contributed by atoms with Crippen LogP contribution in [-0.2, 0) is 17.6 Å². The van der Waals surface area contributed by atoms with Crippen LogP contribution in [0.5, 0.6) is 5.75 Å². The van der Waals surface area contributed by atoms with Gasteiger partial charge in [-0.3, -0.25) is 4.79 Å². The maximum atomic E-state index is 11.1. The van der Waals surface area contributed by atoms with Crippen LogP contribution >= 0.6 is 0 Å². The molecule has 1 atom stereocenters. The van der Waals surface area contributed by atoms with Gasteiger partial charge in [-0.05, 0) is 62.3 Å². The number of carboxylic acids is 1. The van der Waals surface area contributed by atoms with Gasteiger partial charge in [-0.15, -0.1) is 0 Å². The Morgan fingerprint density at radius 1 is 1.35 bits per heavy atom. The number of benzene rings is 1. The predicted molar refractivity (Wildman–Crippen MR) is 65.5 cm³/mol. The molecule has 3 heteroatoms. The second-order valence-electron chi connectivity index (χ2n) is 4.84.